The number of allylic oxidation sites excluding steroid dienone is 1. The van der Waals surface area contributed by atoms with Crippen molar-refractivity contribution in [1.29, 1.82) is 0 Å². The van der Waals surface area contributed by atoms with Crippen molar-refractivity contribution >= 4 is 11.8 Å². The van der Waals surface area contributed by atoms with Crippen LogP contribution in [-0.2, 0) is 19.1 Å². The normalized spacial score (nSPS) is 29.9. The van der Waals surface area contributed by atoms with Gasteiger partial charge in [-0.2, -0.15) is 0 Å². The van der Waals surface area contributed by atoms with E-state index in [0.29, 0.717) is 18.9 Å². The van der Waals surface area contributed by atoms with Crippen LogP contribution in [0.25, 0.3) is 0 Å². The summed E-state index contributed by atoms with van der Waals surface area (Å²) in [5.41, 5.74) is 0. The summed E-state index contributed by atoms with van der Waals surface area (Å²) in [7, 11) is 1.36. The van der Waals surface area contributed by atoms with Gasteiger partial charge in [-0.3, -0.25) is 9.59 Å². The molecular weight excluding hydrogens is 312 g/mol. The molecule has 0 spiro atoms. The van der Waals surface area contributed by atoms with E-state index in [4.69, 9.17) is 9.47 Å². The van der Waals surface area contributed by atoms with Gasteiger partial charge in [0.05, 0.1) is 0 Å². The lowest BCUT2D eigenvalue weighted by atomic mass is 10.0. The lowest BCUT2D eigenvalue weighted by Gasteiger charge is -2.22. The minimum atomic E-state index is -1.08. The highest BCUT2D eigenvalue weighted by Gasteiger charge is 2.48. The van der Waals surface area contributed by atoms with E-state index < -0.39 is 30.3 Å². The van der Waals surface area contributed by atoms with Gasteiger partial charge in [0.25, 0.3) is 5.91 Å². The molecule has 0 aromatic carbocycles. The van der Waals surface area contributed by atoms with Crippen LogP contribution in [-0.4, -0.2) is 61.0 Å². The van der Waals surface area contributed by atoms with Crippen molar-refractivity contribution in [3.63, 3.8) is 0 Å². The van der Waals surface area contributed by atoms with Crippen molar-refractivity contribution in [3.8, 4) is 0 Å². The highest BCUT2D eigenvalue weighted by atomic mass is 16.6. The van der Waals surface area contributed by atoms with Gasteiger partial charge in [0.1, 0.15) is 24.4 Å². The second-order valence-corrected chi connectivity index (χ2v) is 6.69. The van der Waals surface area contributed by atoms with Gasteiger partial charge in [0.2, 0.25) is 5.91 Å². The molecule has 24 heavy (non-hydrogen) atoms. The fraction of sp³-hybridized carbons (Fsp3) is 0.765. The zero-order valence-corrected chi connectivity index (χ0v) is 14.5. The van der Waals surface area contributed by atoms with Crippen molar-refractivity contribution in [3.05, 3.63) is 12.2 Å². The van der Waals surface area contributed by atoms with Gasteiger partial charge in [0.15, 0.2) is 6.10 Å². The Balaban J connectivity index is 1.90. The number of hydrogen-bond acceptors (Lipinski definition) is 5. The first-order valence-corrected chi connectivity index (χ1v) is 8.56. The van der Waals surface area contributed by atoms with Gasteiger partial charge >= 0.3 is 0 Å². The lowest BCUT2D eigenvalue weighted by Crippen LogP contribution is -2.52. The van der Waals surface area contributed by atoms with Crippen molar-refractivity contribution < 1.29 is 24.2 Å². The second-order valence-electron chi connectivity index (χ2n) is 6.69. The third-order valence-corrected chi connectivity index (χ3v) is 4.26. The number of amides is 2. The minimum absolute atomic E-state index is 0.189. The molecule has 0 aromatic rings. The van der Waals surface area contributed by atoms with E-state index >= 15 is 0 Å². The smallest absolute Gasteiger partial charge is 0.252 e. The van der Waals surface area contributed by atoms with E-state index in [1.54, 1.807) is 0 Å². The van der Waals surface area contributed by atoms with Crippen LogP contribution in [0.15, 0.2) is 12.2 Å². The molecule has 0 unspecified atom stereocenters. The number of carbonyl (C=O) groups is 2. The Morgan fingerprint density at radius 2 is 2.21 bits per heavy atom. The molecule has 3 N–H and O–H groups in total. The number of nitrogens with one attached hydrogen (secondary N) is 2. The number of rotatable bonds is 7. The van der Waals surface area contributed by atoms with Crippen LogP contribution in [0.1, 0.15) is 33.1 Å². The first-order valence-electron chi connectivity index (χ1n) is 8.56. The summed E-state index contributed by atoms with van der Waals surface area (Å²) >= 11 is 0. The Labute approximate surface area is 142 Å². The summed E-state index contributed by atoms with van der Waals surface area (Å²) in [6.07, 6.45) is 3.43. The predicted octanol–water partition coefficient (Wildman–Crippen LogP) is 0.127. The van der Waals surface area contributed by atoms with Gasteiger partial charge in [-0.15, -0.1) is 0 Å². The Morgan fingerprint density at radius 3 is 2.88 bits per heavy atom. The maximum Gasteiger partial charge on any atom is 0.252 e. The number of ether oxygens (including phenoxy) is 2. The Bertz CT molecular complexity index is 480. The Hall–Kier alpha value is -1.44. The molecule has 2 saturated heterocycles. The SMILES string of the molecule is CO[C@@H](C(=O)N[C@H]1CCCCNC1=O)[C@H](O)[C@H]1O[C@@H]1/C=C/C(C)C. The highest BCUT2D eigenvalue weighted by Crippen LogP contribution is 2.29. The zero-order chi connectivity index (χ0) is 17.7. The molecule has 2 heterocycles. The summed E-state index contributed by atoms with van der Waals surface area (Å²) in [4.78, 5) is 24.3. The van der Waals surface area contributed by atoms with Crippen LogP contribution >= 0.6 is 0 Å². The van der Waals surface area contributed by atoms with E-state index in [9.17, 15) is 14.7 Å². The summed E-state index contributed by atoms with van der Waals surface area (Å²) < 4.78 is 10.6. The summed E-state index contributed by atoms with van der Waals surface area (Å²) in [6, 6.07) is -0.582. The molecule has 0 bridgehead atoms. The van der Waals surface area contributed by atoms with Gasteiger partial charge < -0.3 is 25.2 Å². The predicted molar refractivity (Wildman–Crippen MR) is 88.2 cm³/mol. The largest absolute Gasteiger partial charge is 0.387 e. The van der Waals surface area contributed by atoms with Crippen LogP contribution < -0.4 is 10.6 Å². The molecule has 5 atom stereocenters. The van der Waals surface area contributed by atoms with Crippen molar-refractivity contribution in [2.45, 2.75) is 63.6 Å². The quantitative estimate of drug-likeness (QED) is 0.452. The summed E-state index contributed by atoms with van der Waals surface area (Å²) in [6.45, 7) is 4.72. The fourth-order valence-electron chi connectivity index (χ4n) is 2.80. The standard InChI is InChI=1S/C17H28N2O5/c1-10(2)7-8-12-14(24-12)13(20)15(23-3)17(22)19-11-6-4-5-9-18-16(11)21/h7-8,10-15,20H,4-6,9H2,1-3H3,(H,18,21)(H,19,22)/b8-7+/t11-,12+,13+,14-,15+/m0/s1. The molecule has 0 aromatic heterocycles. The van der Waals surface area contributed by atoms with E-state index in [0.717, 1.165) is 12.8 Å². The minimum Gasteiger partial charge on any atom is -0.387 e. The van der Waals surface area contributed by atoms with E-state index in [1.807, 2.05) is 26.0 Å². The van der Waals surface area contributed by atoms with E-state index in [1.165, 1.54) is 7.11 Å². The number of methoxy groups -OCH3 is 1. The molecule has 2 rings (SSSR count). The molecule has 2 fully saturated rings. The van der Waals surface area contributed by atoms with Gasteiger partial charge in [-0.05, 0) is 25.2 Å². The van der Waals surface area contributed by atoms with Crippen LogP contribution in [0.3, 0.4) is 0 Å². The average molecular weight is 340 g/mol. The van der Waals surface area contributed by atoms with Crippen molar-refractivity contribution in [2.75, 3.05) is 13.7 Å². The topological polar surface area (TPSA) is 100 Å². The first kappa shape index (κ1) is 18.9. The van der Waals surface area contributed by atoms with Crippen LogP contribution in [0, 0.1) is 5.92 Å². The van der Waals surface area contributed by atoms with E-state index in [2.05, 4.69) is 10.6 Å². The number of carbonyl (C=O) groups excluding carboxylic acids is 2. The maximum absolute atomic E-state index is 12.4. The second kappa shape index (κ2) is 8.60. The Morgan fingerprint density at radius 1 is 1.46 bits per heavy atom. The first-order chi connectivity index (χ1) is 11.4. The number of epoxide rings is 1. The summed E-state index contributed by atoms with van der Waals surface area (Å²) in [5, 5.41) is 15.8. The molecule has 0 radical (unpaired) electrons. The third kappa shape index (κ3) is 5.03. The Kier molecular flexibility index (Phi) is 6.77. The monoisotopic (exact) mass is 340 g/mol. The molecule has 2 aliphatic heterocycles. The van der Waals surface area contributed by atoms with Gasteiger partial charge in [-0.25, -0.2) is 0 Å². The number of hydrogen-bond donors (Lipinski definition) is 3. The average Bonchev–Trinajstić information content (AvgIpc) is 3.32. The highest BCUT2D eigenvalue weighted by molar-refractivity contribution is 5.89. The molecule has 2 amide bonds. The third-order valence-electron chi connectivity index (χ3n) is 4.26. The molecule has 2 aliphatic rings. The molecule has 7 heteroatoms. The number of aliphatic hydroxyl groups excluding tert-OH is 1. The van der Waals surface area contributed by atoms with Crippen molar-refractivity contribution in [2.24, 2.45) is 5.92 Å². The summed E-state index contributed by atoms with van der Waals surface area (Å²) in [5.74, 6) is -0.290. The molecule has 0 aliphatic carbocycles. The zero-order valence-electron chi connectivity index (χ0n) is 14.5. The van der Waals surface area contributed by atoms with Gasteiger partial charge in [0, 0.05) is 13.7 Å². The van der Waals surface area contributed by atoms with Crippen molar-refractivity contribution in [1.82, 2.24) is 10.6 Å². The van der Waals surface area contributed by atoms with Gasteiger partial charge in [-0.1, -0.05) is 26.0 Å². The van der Waals surface area contributed by atoms with Crippen LogP contribution in [0.5, 0.6) is 0 Å². The maximum atomic E-state index is 12.4. The molecule has 0 saturated carbocycles. The number of aliphatic hydroxyl groups is 1. The van der Waals surface area contributed by atoms with Crippen LogP contribution in [0.4, 0.5) is 0 Å². The van der Waals surface area contributed by atoms with E-state index in [-0.39, 0.29) is 12.0 Å². The molecule has 136 valence electrons. The lowest BCUT2D eigenvalue weighted by molar-refractivity contribution is -0.141. The molecular formula is C17H28N2O5. The molecule has 7 nitrogen and oxygen atoms in total. The fourth-order valence-corrected chi connectivity index (χ4v) is 2.80. The van der Waals surface area contributed by atoms with Crippen LogP contribution in [0.2, 0.25) is 0 Å².